The Balaban J connectivity index is 1.83. The Morgan fingerprint density at radius 1 is 1.17 bits per heavy atom. The minimum absolute atomic E-state index is 0.0470. The zero-order valence-electron chi connectivity index (χ0n) is 15.6. The van der Waals surface area contributed by atoms with Crippen molar-refractivity contribution in [3.8, 4) is 0 Å². The van der Waals surface area contributed by atoms with Crippen molar-refractivity contribution in [2.45, 2.75) is 36.7 Å². The van der Waals surface area contributed by atoms with E-state index in [1.165, 1.54) is 14.9 Å². The lowest BCUT2D eigenvalue weighted by molar-refractivity contribution is 0.0898. The first-order chi connectivity index (χ1) is 13.7. The highest BCUT2D eigenvalue weighted by Crippen LogP contribution is 2.35. The van der Waals surface area contributed by atoms with E-state index in [9.17, 15) is 18.0 Å². The van der Waals surface area contributed by atoms with Crippen molar-refractivity contribution in [1.82, 2.24) is 14.2 Å². The molecule has 1 aromatic heterocycles. The molecule has 1 saturated heterocycles. The second-order valence-electron chi connectivity index (χ2n) is 7.42. The molecule has 0 radical (unpaired) electrons. The van der Waals surface area contributed by atoms with Gasteiger partial charge in [-0.05, 0) is 60.3 Å². The van der Waals surface area contributed by atoms with Crippen molar-refractivity contribution in [2.24, 2.45) is 0 Å². The van der Waals surface area contributed by atoms with Gasteiger partial charge in [-0.2, -0.15) is 4.31 Å². The number of fused-ring (bicyclic) bond motifs is 2. The van der Waals surface area contributed by atoms with E-state index < -0.39 is 27.2 Å². The lowest BCUT2D eigenvalue weighted by Gasteiger charge is -2.34. The molecule has 1 aromatic carbocycles. The minimum Gasteiger partial charge on any atom is -0.326 e. The smallest absolute Gasteiger partial charge is 0.271 e. The standard InChI is InChI=1S/C19H19BrClN3O4S/c1-12-4-6-13(7-5-12)29(27,28)23-9-3-2-8-19(11-23)22-17(25)16-15(21)10-14(20)18(26)24(16)19/h4-7,10H,2-3,8-9,11H2,1H3,(H,22,25). The first-order valence-corrected chi connectivity index (χ1v) is 11.8. The predicted octanol–water partition coefficient (Wildman–Crippen LogP) is 2.84. The average Bonchev–Trinajstić information content (AvgIpc) is 2.80. The number of nitrogens with zero attached hydrogens (tertiary/aromatic N) is 2. The van der Waals surface area contributed by atoms with Gasteiger partial charge in [0.05, 0.1) is 20.9 Å². The Labute approximate surface area is 181 Å². The third-order valence-corrected chi connectivity index (χ3v) is 8.16. The summed E-state index contributed by atoms with van der Waals surface area (Å²) in [4.78, 5) is 25.8. The van der Waals surface area contributed by atoms with E-state index in [-0.39, 0.29) is 26.6 Å². The number of benzene rings is 1. The minimum atomic E-state index is -3.80. The van der Waals surface area contributed by atoms with Gasteiger partial charge < -0.3 is 5.32 Å². The first kappa shape index (κ1) is 20.6. The summed E-state index contributed by atoms with van der Waals surface area (Å²) in [5, 5.41) is 3.00. The molecule has 3 heterocycles. The van der Waals surface area contributed by atoms with Crippen LogP contribution >= 0.6 is 27.5 Å². The van der Waals surface area contributed by atoms with Gasteiger partial charge in [-0.1, -0.05) is 29.3 Å². The van der Waals surface area contributed by atoms with E-state index in [2.05, 4.69) is 21.2 Å². The van der Waals surface area contributed by atoms with Crippen LogP contribution in [0, 0.1) is 6.92 Å². The molecule has 2 aliphatic heterocycles. The fraction of sp³-hybridized carbons (Fsp3) is 0.368. The van der Waals surface area contributed by atoms with Gasteiger partial charge in [0.15, 0.2) is 0 Å². The van der Waals surface area contributed by atoms with Crippen molar-refractivity contribution < 1.29 is 13.2 Å². The Kier molecular flexibility index (Phi) is 5.13. The Morgan fingerprint density at radius 3 is 2.55 bits per heavy atom. The van der Waals surface area contributed by atoms with Crippen LogP contribution in [0.2, 0.25) is 5.02 Å². The topological polar surface area (TPSA) is 88.5 Å². The number of amides is 1. The van der Waals surface area contributed by atoms with Crippen LogP contribution in [0.5, 0.6) is 0 Å². The highest BCUT2D eigenvalue weighted by molar-refractivity contribution is 9.10. The van der Waals surface area contributed by atoms with Crippen LogP contribution in [0.15, 0.2) is 44.5 Å². The van der Waals surface area contributed by atoms with E-state index in [0.29, 0.717) is 25.8 Å². The van der Waals surface area contributed by atoms with Crippen LogP contribution in [0.25, 0.3) is 0 Å². The van der Waals surface area contributed by atoms with Crippen LogP contribution in [0.4, 0.5) is 0 Å². The molecule has 0 bridgehead atoms. The summed E-state index contributed by atoms with van der Waals surface area (Å²) < 4.78 is 29.5. The summed E-state index contributed by atoms with van der Waals surface area (Å²) in [6, 6.07) is 8.03. The zero-order chi connectivity index (χ0) is 21.0. The lowest BCUT2D eigenvalue weighted by atomic mass is 10.0. The van der Waals surface area contributed by atoms with Gasteiger partial charge in [-0.3, -0.25) is 14.2 Å². The second kappa shape index (κ2) is 7.23. The van der Waals surface area contributed by atoms with Gasteiger partial charge in [0.2, 0.25) is 10.0 Å². The highest BCUT2D eigenvalue weighted by atomic mass is 79.9. The van der Waals surface area contributed by atoms with E-state index in [4.69, 9.17) is 11.6 Å². The van der Waals surface area contributed by atoms with Crippen LogP contribution in [-0.2, 0) is 15.7 Å². The van der Waals surface area contributed by atoms with Crippen molar-refractivity contribution in [3.63, 3.8) is 0 Å². The number of carbonyl (C=O) groups excluding carboxylic acids is 1. The maximum absolute atomic E-state index is 13.3. The number of pyridine rings is 1. The van der Waals surface area contributed by atoms with Crippen LogP contribution in [-0.4, -0.2) is 36.3 Å². The lowest BCUT2D eigenvalue weighted by Crippen LogP contribution is -2.54. The summed E-state index contributed by atoms with van der Waals surface area (Å²) in [5.74, 6) is -0.478. The van der Waals surface area contributed by atoms with E-state index in [1.807, 2.05) is 6.92 Å². The third kappa shape index (κ3) is 3.34. The van der Waals surface area contributed by atoms with Crippen LogP contribution < -0.4 is 10.9 Å². The Morgan fingerprint density at radius 2 is 1.86 bits per heavy atom. The largest absolute Gasteiger partial charge is 0.326 e. The molecule has 7 nitrogen and oxygen atoms in total. The van der Waals surface area contributed by atoms with E-state index in [1.54, 1.807) is 24.3 Å². The van der Waals surface area contributed by atoms with Crippen LogP contribution in [0.1, 0.15) is 35.3 Å². The number of aromatic nitrogens is 1. The van der Waals surface area contributed by atoms with Crippen molar-refractivity contribution >= 4 is 43.5 Å². The second-order valence-corrected chi connectivity index (χ2v) is 10.6. The first-order valence-electron chi connectivity index (χ1n) is 9.17. The number of halogens is 2. The number of rotatable bonds is 2. The van der Waals surface area contributed by atoms with E-state index >= 15 is 0 Å². The van der Waals surface area contributed by atoms with Gasteiger partial charge in [-0.25, -0.2) is 8.42 Å². The van der Waals surface area contributed by atoms with Gasteiger partial charge in [-0.15, -0.1) is 0 Å². The van der Waals surface area contributed by atoms with Gasteiger partial charge in [0, 0.05) is 6.54 Å². The normalized spacial score (nSPS) is 22.4. The monoisotopic (exact) mass is 499 g/mol. The summed E-state index contributed by atoms with van der Waals surface area (Å²) >= 11 is 9.44. The summed E-state index contributed by atoms with van der Waals surface area (Å²) in [6.45, 7) is 2.14. The fourth-order valence-corrected chi connectivity index (χ4v) is 6.35. The quantitative estimate of drug-likeness (QED) is 0.687. The molecular formula is C19H19BrClN3O4S. The zero-order valence-corrected chi connectivity index (χ0v) is 18.8. The fourth-order valence-electron chi connectivity index (χ4n) is 4.01. The van der Waals surface area contributed by atoms with Crippen molar-refractivity contribution in [2.75, 3.05) is 13.1 Å². The summed E-state index contributed by atoms with van der Waals surface area (Å²) in [6.07, 6.45) is 1.70. The molecule has 1 atom stereocenters. The van der Waals surface area contributed by atoms with Crippen molar-refractivity contribution in [3.05, 3.63) is 61.4 Å². The molecular weight excluding hydrogens is 482 g/mol. The molecule has 10 heteroatoms. The summed E-state index contributed by atoms with van der Waals surface area (Å²) in [5.41, 5.74) is -0.573. The highest BCUT2D eigenvalue weighted by Gasteiger charge is 2.48. The molecule has 1 N–H and O–H groups in total. The Hall–Kier alpha value is -1.68. The number of sulfonamides is 1. The van der Waals surface area contributed by atoms with Crippen molar-refractivity contribution in [1.29, 1.82) is 0 Å². The number of hydrogen-bond acceptors (Lipinski definition) is 4. The van der Waals surface area contributed by atoms with Gasteiger partial charge in [0.1, 0.15) is 11.4 Å². The molecule has 2 aliphatic rings. The van der Waals surface area contributed by atoms with E-state index in [0.717, 1.165) is 5.56 Å². The molecule has 0 aliphatic carbocycles. The maximum Gasteiger partial charge on any atom is 0.271 e. The number of carbonyl (C=O) groups is 1. The molecule has 1 spiro atoms. The molecule has 29 heavy (non-hydrogen) atoms. The van der Waals surface area contributed by atoms with Gasteiger partial charge in [0.25, 0.3) is 11.5 Å². The maximum atomic E-state index is 13.3. The summed E-state index contributed by atoms with van der Waals surface area (Å²) in [7, 11) is -3.80. The number of nitrogens with one attached hydrogen (secondary N) is 1. The molecule has 154 valence electrons. The predicted molar refractivity (Wildman–Crippen MR) is 113 cm³/mol. The Bertz CT molecular complexity index is 1160. The molecule has 4 rings (SSSR count). The molecule has 2 aromatic rings. The SMILES string of the molecule is Cc1ccc(S(=O)(=O)N2CCCCC3(C2)NC(=O)c2c(Cl)cc(Br)c(=O)n23)cc1. The molecule has 1 fully saturated rings. The molecule has 1 unspecified atom stereocenters. The third-order valence-electron chi connectivity index (χ3n) is 5.44. The van der Waals surface area contributed by atoms with Crippen LogP contribution in [0.3, 0.4) is 0 Å². The number of hydrogen-bond donors (Lipinski definition) is 1. The number of aryl methyl sites for hydroxylation is 1. The molecule has 0 saturated carbocycles. The van der Waals surface area contributed by atoms with Gasteiger partial charge >= 0.3 is 0 Å². The average molecular weight is 501 g/mol. The molecule has 1 amide bonds.